The summed E-state index contributed by atoms with van der Waals surface area (Å²) in [6, 6.07) is 0. The SMILES string of the molecule is [Cu].[Fe].[MgH2].[Mn].[Ni].[SiH4].[Zn]. The van der Waals surface area contributed by atoms with Gasteiger partial charge in [0.1, 0.15) is 0 Å². The zero-order valence-electron chi connectivity index (χ0n) is 2.06. The molecule has 0 aliphatic heterocycles. The van der Waals surface area contributed by atoms with Crippen LogP contribution >= 0.6 is 0 Å². The van der Waals surface area contributed by atoms with E-state index in [0.29, 0.717) is 0 Å². The molecule has 50 valence electrons. The summed E-state index contributed by atoms with van der Waals surface area (Å²) in [6.45, 7) is 0. The number of hydrogen-bond donors (Lipinski definition) is 0. The molecule has 0 heterocycles. The summed E-state index contributed by atoms with van der Waals surface area (Å²) < 4.78 is 0. The van der Waals surface area contributed by atoms with E-state index in [4.69, 9.17) is 0 Å². The van der Waals surface area contributed by atoms with Crippen molar-refractivity contribution in [3.05, 3.63) is 0 Å². The Kier molecular flexibility index (Phi) is 574. The van der Waals surface area contributed by atoms with Gasteiger partial charge in [0.2, 0.25) is 0 Å². The quantitative estimate of drug-likeness (QED) is 0.425. The van der Waals surface area contributed by atoms with Gasteiger partial charge in [0, 0.05) is 87.2 Å². The van der Waals surface area contributed by atoms with Crippen molar-refractivity contribution in [3.8, 4) is 0 Å². The van der Waals surface area contributed by atoms with Crippen LogP contribution in [-0.4, -0.2) is 34.0 Å². The molecule has 0 aromatic heterocycles. The molecular formula is H6CuFeMgMnNiSiZn. The minimum atomic E-state index is 0. The molecule has 2 radical (unpaired) electrons. The van der Waals surface area contributed by atoms with Crippen LogP contribution < -0.4 is 0 Å². The standard InChI is InChI=1S/Cu.Fe.Mg.Mn.Ni.H4Si.Zn.2H/h;;;;;1H4;;;. The van der Waals surface area contributed by atoms with Crippen LogP contribution in [0.1, 0.15) is 0 Å². The first-order valence-corrected chi connectivity index (χ1v) is 0. The Morgan fingerprint density at radius 2 is 1.00 bits per heavy atom. The van der Waals surface area contributed by atoms with Gasteiger partial charge in [-0.1, -0.05) is 0 Å². The predicted octanol–water partition coefficient (Wildman–Crippen LogP) is -2.38. The molecule has 0 N–H and O–H groups in total. The van der Waals surface area contributed by atoms with Crippen LogP contribution in [0.5, 0.6) is 0 Å². The third-order valence-electron chi connectivity index (χ3n) is 0. The summed E-state index contributed by atoms with van der Waals surface area (Å²) in [7, 11) is 0. The van der Waals surface area contributed by atoms with Crippen LogP contribution in [0.25, 0.3) is 0 Å². The van der Waals surface area contributed by atoms with Crippen LogP contribution in [0.3, 0.4) is 0 Å². The smallest absolute Gasteiger partial charge is 0.0149 e. The van der Waals surface area contributed by atoms with Crippen LogP contribution in [0.15, 0.2) is 0 Å². The molecule has 0 saturated heterocycles. The van der Waals surface area contributed by atoms with Crippen molar-refractivity contribution in [1.29, 1.82) is 0 Å². The van der Waals surface area contributed by atoms with Crippen LogP contribution in [-0.2, 0) is 87.2 Å². The summed E-state index contributed by atoms with van der Waals surface area (Å²) in [5, 5.41) is 0. The average Bonchev–Trinajstić information content (AvgIpc) is 0. The van der Waals surface area contributed by atoms with Gasteiger partial charge < -0.3 is 0 Å². The van der Waals surface area contributed by atoms with Crippen molar-refractivity contribution >= 4 is 34.0 Å². The van der Waals surface area contributed by atoms with E-state index in [1.54, 1.807) is 0 Å². The minimum Gasteiger partial charge on any atom is -0.0149 e. The molecule has 0 aromatic carbocycles. The van der Waals surface area contributed by atoms with E-state index in [1.165, 1.54) is 0 Å². The Bertz CT molecular complexity index is 19.7. The van der Waals surface area contributed by atoms with E-state index < -0.39 is 0 Å². The largest absolute Gasteiger partial charge is 0.316 e. The maximum Gasteiger partial charge on any atom is 0.316 e. The second kappa shape index (κ2) is 54.1. The van der Waals surface area contributed by atoms with Gasteiger partial charge in [0.25, 0.3) is 0 Å². The van der Waals surface area contributed by atoms with Crippen molar-refractivity contribution in [2.24, 2.45) is 0 Å². The first-order valence-electron chi connectivity index (χ1n) is 0. The van der Waals surface area contributed by atoms with Gasteiger partial charge in [0.15, 0.2) is 0 Å². The maximum absolute atomic E-state index is 0. The van der Waals surface area contributed by atoms with E-state index in [1.807, 2.05) is 0 Å². The Morgan fingerprint density at radius 1 is 1.00 bits per heavy atom. The van der Waals surface area contributed by atoms with Crippen molar-refractivity contribution in [2.45, 2.75) is 0 Å². The third-order valence-corrected chi connectivity index (χ3v) is 0. The Labute approximate surface area is 119 Å². The summed E-state index contributed by atoms with van der Waals surface area (Å²) in [6.07, 6.45) is 0. The van der Waals surface area contributed by atoms with E-state index in [0.717, 1.165) is 0 Å². The molecular weight excluding hydrogens is 351 g/mol. The fourth-order valence-electron chi connectivity index (χ4n) is 0. The predicted molar refractivity (Wildman–Crippen MR) is 19.9 cm³/mol. The van der Waals surface area contributed by atoms with Gasteiger partial charge in [-0.15, -0.1) is 0 Å². The fraction of sp³-hybridized carbons (Fsp3) is 0. The Balaban J connectivity index is 0. The molecule has 7 heavy (non-hydrogen) atoms. The minimum absolute atomic E-state index is 0. The Hall–Kier alpha value is 3.66. The maximum atomic E-state index is 0. The van der Waals surface area contributed by atoms with Crippen molar-refractivity contribution < 1.29 is 87.2 Å². The summed E-state index contributed by atoms with van der Waals surface area (Å²) in [5.74, 6) is 0. The molecule has 0 nitrogen and oxygen atoms in total. The second-order valence-electron chi connectivity index (χ2n) is 0. The molecule has 0 unspecified atom stereocenters. The van der Waals surface area contributed by atoms with Gasteiger partial charge in [-0.05, 0) is 11.0 Å². The molecule has 0 spiro atoms. The van der Waals surface area contributed by atoms with Gasteiger partial charge in [-0.2, -0.15) is 0 Å². The van der Waals surface area contributed by atoms with Crippen LogP contribution in [0.2, 0.25) is 0 Å². The van der Waals surface area contributed by atoms with Crippen molar-refractivity contribution in [1.82, 2.24) is 0 Å². The topological polar surface area (TPSA) is 0 Å². The van der Waals surface area contributed by atoms with Crippen LogP contribution in [0, 0.1) is 0 Å². The fourth-order valence-corrected chi connectivity index (χ4v) is 0. The zero-order chi connectivity index (χ0) is 0. The van der Waals surface area contributed by atoms with E-state index >= 15 is 0 Å². The second-order valence-corrected chi connectivity index (χ2v) is 0. The molecule has 0 saturated carbocycles. The van der Waals surface area contributed by atoms with Gasteiger partial charge in [0.05, 0.1) is 0 Å². The monoisotopic (exact) mass is 354 g/mol. The van der Waals surface area contributed by atoms with Crippen molar-refractivity contribution in [2.75, 3.05) is 0 Å². The molecule has 0 atom stereocenters. The molecule has 0 rings (SSSR count). The van der Waals surface area contributed by atoms with E-state index in [-0.39, 0.29) is 121 Å². The summed E-state index contributed by atoms with van der Waals surface area (Å²) >= 11 is 0. The van der Waals surface area contributed by atoms with Gasteiger partial charge in [-0.3, -0.25) is 0 Å². The summed E-state index contributed by atoms with van der Waals surface area (Å²) in [4.78, 5) is 0. The molecule has 0 aromatic rings. The third kappa shape index (κ3) is 42.3. The number of rotatable bonds is 0. The van der Waals surface area contributed by atoms with Crippen molar-refractivity contribution in [3.63, 3.8) is 0 Å². The molecule has 0 aliphatic rings. The molecule has 0 fully saturated rings. The first-order chi connectivity index (χ1) is 0. The summed E-state index contributed by atoms with van der Waals surface area (Å²) in [5.41, 5.74) is 0. The van der Waals surface area contributed by atoms with Gasteiger partial charge in [-0.25, -0.2) is 0 Å². The van der Waals surface area contributed by atoms with Gasteiger partial charge >= 0.3 is 23.1 Å². The van der Waals surface area contributed by atoms with E-state index in [9.17, 15) is 0 Å². The molecule has 0 bridgehead atoms. The first kappa shape index (κ1) is 74.3. The Morgan fingerprint density at radius 3 is 1.00 bits per heavy atom. The average molecular weight is 357 g/mol. The molecule has 0 amide bonds. The normalized spacial score (nSPS) is 0. The molecule has 0 aliphatic carbocycles. The van der Waals surface area contributed by atoms with Crippen LogP contribution in [0.4, 0.5) is 0 Å². The zero-order valence-corrected chi connectivity index (χ0v) is 9.24. The van der Waals surface area contributed by atoms with E-state index in [2.05, 4.69) is 0 Å². The molecule has 7 heteroatoms. The number of hydrogen-bond acceptors (Lipinski definition) is 0.